The van der Waals surface area contributed by atoms with E-state index in [4.69, 9.17) is 0 Å². The van der Waals surface area contributed by atoms with Crippen molar-refractivity contribution >= 4 is 11.6 Å². The zero-order chi connectivity index (χ0) is 16.5. The number of carbonyl (C=O) groups is 1. The number of hydrazone groups is 1. The number of unbranched alkanes of at least 4 members (excludes halogenated alkanes) is 2. The van der Waals surface area contributed by atoms with Gasteiger partial charge in [0, 0.05) is 0 Å². The number of amides is 1. The molecule has 0 aliphatic heterocycles. The Morgan fingerprint density at radius 2 is 1.74 bits per heavy atom. The van der Waals surface area contributed by atoms with Crippen LogP contribution in [0.1, 0.15) is 48.5 Å². The van der Waals surface area contributed by atoms with Crippen LogP contribution in [0.5, 0.6) is 5.75 Å². The Kier molecular flexibility index (Phi) is 6.36. The number of para-hydroxylation sites is 1. The summed E-state index contributed by atoms with van der Waals surface area (Å²) in [5.41, 5.74) is 4.62. The van der Waals surface area contributed by atoms with Crippen LogP contribution in [0.25, 0.3) is 0 Å². The quantitative estimate of drug-likeness (QED) is 0.459. The Labute approximate surface area is 136 Å². The Balaban J connectivity index is 2.13. The third-order valence-electron chi connectivity index (χ3n) is 3.57. The van der Waals surface area contributed by atoms with Gasteiger partial charge in [-0.1, -0.05) is 62.2 Å². The molecule has 2 aromatic carbocycles. The normalized spacial score (nSPS) is 11.3. The summed E-state index contributed by atoms with van der Waals surface area (Å²) >= 11 is 0. The van der Waals surface area contributed by atoms with Crippen LogP contribution >= 0.6 is 0 Å². The molecule has 0 atom stereocenters. The highest BCUT2D eigenvalue weighted by molar-refractivity contribution is 6.02. The minimum atomic E-state index is -0.410. The first-order valence-corrected chi connectivity index (χ1v) is 7.92. The molecule has 0 saturated carbocycles. The molecule has 0 bridgehead atoms. The van der Waals surface area contributed by atoms with Crippen molar-refractivity contribution in [3.8, 4) is 5.75 Å². The summed E-state index contributed by atoms with van der Waals surface area (Å²) in [5.74, 6) is -0.459. The molecular weight excluding hydrogens is 288 g/mol. The molecule has 2 aromatic rings. The van der Waals surface area contributed by atoms with E-state index < -0.39 is 5.91 Å². The second kappa shape index (κ2) is 8.73. The molecule has 4 heteroatoms. The van der Waals surface area contributed by atoms with Gasteiger partial charge >= 0.3 is 0 Å². The number of nitrogens with zero attached hydrogens (tertiary/aromatic N) is 1. The van der Waals surface area contributed by atoms with Crippen molar-refractivity contribution in [1.82, 2.24) is 5.43 Å². The van der Waals surface area contributed by atoms with Crippen molar-refractivity contribution in [1.29, 1.82) is 0 Å². The number of benzene rings is 2. The minimum absolute atomic E-state index is 0.0487. The highest BCUT2D eigenvalue weighted by atomic mass is 16.3. The molecule has 4 nitrogen and oxygen atoms in total. The molecule has 1 amide bonds. The van der Waals surface area contributed by atoms with Gasteiger partial charge in [-0.25, -0.2) is 5.43 Å². The van der Waals surface area contributed by atoms with Gasteiger partial charge in [-0.05, 0) is 30.5 Å². The minimum Gasteiger partial charge on any atom is -0.507 e. The first-order valence-electron chi connectivity index (χ1n) is 7.92. The van der Waals surface area contributed by atoms with Gasteiger partial charge in [0.2, 0.25) is 0 Å². The third kappa shape index (κ3) is 4.95. The topological polar surface area (TPSA) is 61.7 Å². The van der Waals surface area contributed by atoms with Gasteiger partial charge in [0.1, 0.15) is 5.75 Å². The number of hydrogen-bond acceptors (Lipinski definition) is 3. The molecule has 2 N–H and O–H groups in total. The first-order chi connectivity index (χ1) is 11.2. The van der Waals surface area contributed by atoms with Crippen molar-refractivity contribution in [3.05, 3.63) is 65.7 Å². The summed E-state index contributed by atoms with van der Waals surface area (Å²) in [6, 6.07) is 16.3. The lowest BCUT2D eigenvalue weighted by Gasteiger charge is -2.08. The molecule has 0 fully saturated rings. The van der Waals surface area contributed by atoms with Gasteiger partial charge in [0.25, 0.3) is 5.91 Å². The fourth-order valence-corrected chi connectivity index (χ4v) is 2.28. The lowest BCUT2D eigenvalue weighted by atomic mass is 10.0. The molecule has 0 saturated heterocycles. The van der Waals surface area contributed by atoms with E-state index in [-0.39, 0.29) is 11.3 Å². The van der Waals surface area contributed by atoms with Crippen LogP contribution < -0.4 is 5.43 Å². The summed E-state index contributed by atoms with van der Waals surface area (Å²) in [6.07, 6.45) is 4.08. The van der Waals surface area contributed by atoms with E-state index in [1.165, 1.54) is 6.07 Å². The second-order valence-electron chi connectivity index (χ2n) is 5.34. The largest absolute Gasteiger partial charge is 0.507 e. The van der Waals surface area contributed by atoms with Crippen molar-refractivity contribution < 1.29 is 9.90 Å². The van der Waals surface area contributed by atoms with Gasteiger partial charge in [0.05, 0.1) is 11.3 Å². The van der Waals surface area contributed by atoms with Crippen molar-refractivity contribution in [3.63, 3.8) is 0 Å². The number of hydrogen-bond donors (Lipinski definition) is 2. The Bertz CT molecular complexity index is 666. The fourth-order valence-electron chi connectivity index (χ4n) is 2.28. The maximum Gasteiger partial charge on any atom is 0.275 e. The van der Waals surface area contributed by atoms with E-state index in [0.717, 1.165) is 37.0 Å². The summed E-state index contributed by atoms with van der Waals surface area (Å²) in [4.78, 5) is 12.2. The molecule has 23 heavy (non-hydrogen) atoms. The van der Waals surface area contributed by atoms with E-state index in [1.807, 2.05) is 30.3 Å². The van der Waals surface area contributed by atoms with Crippen LogP contribution in [0.2, 0.25) is 0 Å². The average molecular weight is 310 g/mol. The first kappa shape index (κ1) is 16.7. The highest BCUT2D eigenvalue weighted by Gasteiger charge is 2.10. The summed E-state index contributed by atoms with van der Waals surface area (Å²) in [6.45, 7) is 2.15. The van der Waals surface area contributed by atoms with E-state index in [0.29, 0.717) is 0 Å². The number of carbonyl (C=O) groups excluding carboxylic acids is 1. The van der Waals surface area contributed by atoms with E-state index in [9.17, 15) is 9.90 Å². The molecule has 0 radical (unpaired) electrons. The van der Waals surface area contributed by atoms with Crippen LogP contribution in [0.4, 0.5) is 0 Å². The van der Waals surface area contributed by atoms with Crippen LogP contribution in [-0.4, -0.2) is 16.7 Å². The third-order valence-corrected chi connectivity index (χ3v) is 3.57. The van der Waals surface area contributed by atoms with Gasteiger partial charge in [0.15, 0.2) is 0 Å². The van der Waals surface area contributed by atoms with Gasteiger partial charge < -0.3 is 5.11 Å². The summed E-state index contributed by atoms with van der Waals surface area (Å²) < 4.78 is 0. The second-order valence-corrected chi connectivity index (χ2v) is 5.34. The Hall–Kier alpha value is -2.62. The smallest absolute Gasteiger partial charge is 0.275 e. The van der Waals surface area contributed by atoms with Crippen molar-refractivity contribution in [2.75, 3.05) is 0 Å². The summed E-state index contributed by atoms with van der Waals surface area (Å²) in [5, 5.41) is 14.0. The monoisotopic (exact) mass is 310 g/mol. The van der Waals surface area contributed by atoms with Crippen molar-refractivity contribution in [2.24, 2.45) is 5.10 Å². The van der Waals surface area contributed by atoms with Gasteiger partial charge in [-0.15, -0.1) is 0 Å². The predicted octanol–water partition coefficient (Wildman–Crippen LogP) is 4.11. The van der Waals surface area contributed by atoms with Crippen LogP contribution in [0, 0.1) is 0 Å². The van der Waals surface area contributed by atoms with E-state index in [2.05, 4.69) is 17.5 Å². The van der Waals surface area contributed by atoms with Crippen LogP contribution in [-0.2, 0) is 0 Å². The van der Waals surface area contributed by atoms with E-state index >= 15 is 0 Å². The SMILES string of the molecule is CCCCC/C(=N\NC(=O)c1ccccc1O)c1ccccc1. The van der Waals surface area contributed by atoms with Crippen LogP contribution in [0.3, 0.4) is 0 Å². The Morgan fingerprint density at radius 3 is 2.43 bits per heavy atom. The number of aromatic hydroxyl groups is 1. The molecule has 0 spiro atoms. The standard InChI is InChI=1S/C19H22N2O2/c1-2-3-5-13-17(15-10-6-4-7-11-15)20-21-19(23)16-12-8-9-14-18(16)22/h4,6-12,14,22H,2-3,5,13H2,1H3,(H,21,23)/b20-17+. The zero-order valence-corrected chi connectivity index (χ0v) is 13.3. The molecular formula is C19H22N2O2. The number of phenols is 1. The molecule has 0 unspecified atom stereocenters. The molecule has 0 aromatic heterocycles. The number of rotatable bonds is 7. The number of nitrogens with one attached hydrogen (secondary N) is 1. The lowest BCUT2D eigenvalue weighted by Crippen LogP contribution is -2.20. The van der Waals surface area contributed by atoms with Gasteiger partial charge in [-0.3, -0.25) is 4.79 Å². The fraction of sp³-hybridized carbons (Fsp3) is 0.263. The average Bonchev–Trinajstić information content (AvgIpc) is 2.59. The maximum atomic E-state index is 12.2. The maximum absolute atomic E-state index is 12.2. The molecule has 2 rings (SSSR count). The molecule has 0 aliphatic carbocycles. The van der Waals surface area contributed by atoms with Gasteiger partial charge in [-0.2, -0.15) is 5.10 Å². The Morgan fingerprint density at radius 1 is 1.04 bits per heavy atom. The number of phenolic OH excluding ortho intramolecular Hbond substituents is 1. The summed E-state index contributed by atoms with van der Waals surface area (Å²) in [7, 11) is 0. The molecule has 120 valence electrons. The predicted molar refractivity (Wildman–Crippen MR) is 92.7 cm³/mol. The zero-order valence-electron chi connectivity index (χ0n) is 13.3. The lowest BCUT2D eigenvalue weighted by molar-refractivity contribution is 0.0952. The van der Waals surface area contributed by atoms with E-state index in [1.54, 1.807) is 18.2 Å². The van der Waals surface area contributed by atoms with Crippen molar-refractivity contribution in [2.45, 2.75) is 32.6 Å². The van der Waals surface area contributed by atoms with Crippen LogP contribution in [0.15, 0.2) is 59.7 Å². The highest BCUT2D eigenvalue weighted by Crippen LogP contribution is 2.15. The molecule has 0 heterocycles. The molecule has 0 aliphatic rings.